The Morgan fingerprint density at radius 2 is 2.11 bits per heavy atom. The smallest absolute Gasteiger partial charge is 0.250 e. The number of carbonyl (C=O) groups excluding carboxylic acids is 1. The first-order valence-electron chi connectivity index (χ1n) is 8.30. The summed E-state index contributed by atoms with van der Waals surface area (Å²) in [6.07, 6.45) is 3.08. The van der Waals surface area contributed by atoms with E-state index in [2.05, 4.69) is 10.3 Å². The molecule has 0 radical (unpaired) electrons. The van der Waals surface area contributed by atoms with Gasteiger partial charge in [0, 0.05) is 17.0 Å². The molecule has 0 saturated heterocycles. The normalized spacial score (nSPS) is 12.4. The minimum atomic E-state index is -0.467. The van der Waals surface area contributed by atoms with Gasteiger partial charge in [-0.15, -0.1) is 11.3 Å². The summed E-state index contributed by atoms with van der Waals surface area (Å²) in [5.74, 6) is 0.719. The standard InChI is InChI=1S/C20H15FN2O4S/c1-25-16-6-4-13(9-14(16)21)15-10-28-20(22-15)23-19(24)7-3-12-2-5-17-18(8-12)27-11-26-17/h2-10H,11H2,1H3,(H,22,23,24)/b7-3+. The Balaban J connectivity index is 1.42. The first-order chi connectivity index (χ1) is 13.6. The summed E-state index contributed by atoms with van der Waals surface area (Å²) in [4.78, 5) is 16.5. The van der Waals surface area contributed by atoms with Gasteiger partial charge in [-0.05, 0) is 42.0 Å². The van der Waals surface area contributed by atoms with Crippen LogP contribution in [0.25, 0.3) is 17.3 Å². The number of amides is 1. The van der Waals surface area contributed by atoms with Crippen molar-refractivity contribution in [1.82, 2.24) is 4.98 Å². The van der Waals surface area contributed by atoms with E-state index in [1.165, 1.54) is 36.7 Å². The zero-order chi connectivity index (χ0) is 19.5. The second-order valence-electron chi connectivity index (χ2n) is 5.82. The quantitative estimate of drug-likeness (QED) is 0.648. The molecule has 2 heterocycles. The van der Waals surface area contributed by atoms with Gasteiger partial charge in [-0.1, -0.05) is 6.07 Å². The number of anilines is 1. The van der Waals surface area contributed by atoms with Crippen LogP contribution in [0.2, 0.25) is 0 Å². The summed E-state index contributed by atoms with van der Waals surface area (Å²) >= 11 is 1.26. The Kier molecular flexibility index (Phi) is 4.94. The van der Waals surface area contributed by atoms with Gasteiger partial charge in [0.2, 0.25) is 12.7 Å². The van der Waals surface area contributed by atoms with Gasteiger partial charge in [-0.3, -0.25) is 10.1 Å². The molecule has 28 heavy (non-hydrogen) atoms. The topological polar surface area (TPSA) is 69.7 Å². The summed E-state index contributed by atoms with van der Waals surface area (Å²) in [6, 6.07) is 10.0. The van der Waals surface area contributed by atoms with Gasteiger partial charge in [-0.25, -0.2) is 9.37 Å². The highest BCUT2D eigenvalue weighted by Crippen LogP contribution is 2.33. The van der Waals surface area contributed by atoms with Gasteiger partial charge in [0.15, 0.2) is 28.2 Å². The van der Waals surface area contributed by atoms with Gasteiger partial charge < -0.3 is 14.2 Å². The van der Waals surface area contributed by atoms with Crippen molar-refractivity contribution in [2.24, 2.45) is 0 Å². The van der Waals surface area contributed by atoms with E-state index in [1.807, 2.05) is 6.07 Å². The molecule has 0 saturated carbocycles. The van der Waals surface area contributed by atoms with E-state index < -0.39 is 5.82 Å². The first kappa shape index (κ1) is 18.0. The Morgan fingerprint density at radius 3 is 2.93 bits per heavy atom. The van der Waals surface area contributed by atoms with Crippen molar-refractivity contribution in [3.05, 3.63) is 59.2 Å². The third-order valence-electron chi connectivity index (χ3n) is 4.01. The summed E-state index contributed by atoms with van der Waals surface area (Å²) in [5, 5.41) is 4.87. The SMILES string of the molecule is COc1ccc(-c2csc(NC(=O)/C=C/c3ccc4c(c3)OCO4)n2)cc1F. The van der Waals surface area contributed by atoms with Gasteiger partial charge in [-0.2, -0.15) is 0 Å². The van der Waals surface area contributed by atoms with Crippen LogP contribution in [0.15, 0.2) is 47.9 Å². The van der Waals surface area contributed by atoms with E-state index in [-0.39, 0.29) is 18.4 Å². The van der Waals surface area contributed by atoms with Gasteiger partial charge in [0.1, 0.15) is 0 Å². The molecule has 4 rings (SSSR count). The molecular formula is C20H15FN2O4S. The molecule has 3 aromatic rings. The third kappa shape index (κ3) is 3.81. The van der Waals surface area contributed by atoms with Crippen LogP contribution in [-0.2, 0) is 4.79 Å². The molecule has 0 aliphatic carbocycles. The molecule has 1 amide bonds. The molecule has 1 aliphatic heterocycles. The van der Waals surface area contributed by atoms with Crippen LogP contribution < -0.4 is 19.5 Å². The minimum Gasteiger partial charge on any atom is -0.494 e. The molecular weight excluding hydrogens is 383 g/mol. The first-order valence-corrected chi connectivity index (χ1v) is 9.18. The zero-order valence-electron chi connectivity index (χ0n) is 14.8. The van der Waals surface area contributed by atoms with E-state index in [1.54, 1.807) is 29.7 Å². The number of methoxy groups -OCH3 is 1. The molecule has 8 heteroatoms. The number of nitrogens with zero attached hydrogens (tertiary/aromatic N) is 1. The van der Waals surface area contributed by atoms with E-state index in [0.29, 0.717) is 27.9 Å². The maximum Gasteiger partial charge on any atom is 0.250 e. The summed E-state index contributed by atoms with van der Waals surface area (Å²) < 4.78 is 29.3. The molecule has 0 bridgehead atoms. The van der Waals surface area contributed by atoms with Crippen molar-refractivity contribution in [1.29, 1.82) is 0 Å². The highest BCUT2D eigenvalue weighted by Gasteiger charge is 2.13. The molecule has 6 nitrogen and oxygen atoms in total. The van der Waals surface area contributed by atoms with Crippen LogP contribution >= 0.6 is 11.3 Å². The molecule has 142 valence electrons. The number of thiazole rings is 1. The van der Waals surface area contributed by atoms with E-state index >= 15 is 0 Å². The number of halogens is 1. The number of nitrogens with one attached hydrogen (secondary N) is 1. The van der Waals surface area contributed by atoms with E-state index in [4.69, 9.17) is 14.2 Å². The maximum atomic E-state index is 13.9. The second-order valence-corrected chi connectivity index (χ2v) is 6.68. The number of benzene rings is 2. The number of ether oxygens (including phenoxy) is 3. The highest BCUT2D eigenvalue weighted by molar-refractivity contribution is 7.14. The van der Waals surface area contributed by atoms with Gasteiger partial charge >= 0.3 is 0 Å². The predicted molar refractivity (Wildman–Crippen MR) is 104 cm³/mol. The average Bonchev–Trinajstić information content (AvgIpc) is 3.35. The molecule has 2 aromatic carbocycles. The Labute approximate surface area is 164 Å². The van der Waals surface area contributed by atoms with Crippen LogP contribution in [0.1, 0.15) is 5.56 Å². The monoisotopic (exact) mass is 398 g/mol. The number of carbonyl (C=O) groups is 1. The Morgan fingerprint density at radius 1 is 1.25 bits per heavy atom. The fourth-order valence-electron chi connectivity index (χ4n) is 2.63. The molecule has 1 aromatic heterocycles. The lowest BCUT2D eigenvalue weighted by atomic mass is 10.1. The lowest BCUT2D eigenvalue weighted by molar-refractivity contribution is -0.111. The van der Waals surface area contributed by atoms with Crippen molar-refractivity contribution in [2.45, 2.75) is 0 Å². The molecule has 0 atom stereocenters. The number of aromatic nitrogens is 1. The van der Waals surface area contributed by atoms with Gasteiger partial charge in [0.05, 0.1) is 12.8 Å². The largest absolute Gasteiger partial charge is 0.494 e. The predicted octanol–water partition coefficient (Wildman–Crippen LogP) is 4.34. The molecule has 1 aliphatic rings. The van der Waals surface area contributed by atoms with Crippen molar-refractivity contribution in [3.63, 3.8) is 0 Å². The summed E-state index contributed by atoms with van der Waals surface area (Å²) in [7, 11) is 1.41. The lowest BCUT2D eigenvalue weighted by Crippen LogP contribution is -2.07. The van der Waals surface area contributed by atoms with Crippen molar-refractivity contribution in [3.8, 4) is 28.5 Å². The summed E-state index contributed by atoms with van der Waals surface area (Å²) in [6.45, 7) is 0.202. The molecule has 1 N–H and O–H groups in total. The van der Waals surface area contributed by atoms with Crippen LogP contribution in [0.4, 0.5) is 9.52 Å². The Hall–Kier alpha value is -3.39. The van der Waals surface area contributed by atoms with Crippen LogP contribution in [-0.4, -0.2) is 24.8 Å². The fourth-order valence-corrected chi connectivity index (χ4v) is 3.35. The lowest BCUT2D eigenvalue weighted by Gasteiger charge is -2.03. The van der Waals surface area contributed by atoms with Crippen LogP contribution in [0.3, 0.4) is 0 Å². The maximum absolute atomic E-state index is 13.9. The number of fused-ring (bicyclic) bond motifs is 1. The summed E-state index contributed by atoms with van der Waals surface area (Å²) in [5.41, 5.74) is 1.99. The Bertz CT molecular complexity index is 1060. The average molecular weight is 398 g/mol. The fraction of sp³-hybridized carbons (Fsp3) is 0.100. The van der Waals surface area contributed by atoms with E-state index in [9.17, 15) is 9.18 Å². The van der Waals surface area contributed by atoms with Crippen molar-refractivity contribution < 1.29 is 23.4 Å². The molecule has 0 unspecified atom stereocenters. The molecule has 0 spiro atoms. The number of rotatable bonds is 5. The third-order valence-corrected chi connectivity index (χ3v) is 4.76. The zero-order valence-corrected chi connectivity index (χ0v) is 15.6. The van der Waals surface area contributed by atoms with Crippen LogP contribution in [0, 0.1) is 5.82 Å². The van der Waals surface area contributed by atoms with E-state index in [0.717, 1.165) is 5.56 Å². The second kappa shape index (κ2) is 7.69. The van der Waals surface area contributed by atoms with Gasteiger partial charge in [0.25, 0.3) is 0 Å². The van der Waals surface area contributed by atoms with Crippen molar-refractivity contribution in [2.75, 3.05) is 19.2 Å². The number of hydrogen-bond acceptors (Lipinski definition) is 6. The number of hydrogen-bond donors (Lipinski definition) is 1. The molecule has 0 fully saturated rings. The highest BCUT2D eigenvalue weighted by atomic mass is 32.1. The minimum absolute atomic E-state index is 0.168. The van der Waals surface area contributed by atoms with Crippen LogP contribution in [0.5, 0.6) is 17.2 Å². The van der Waals surface area contributed by atoms with Crippen molar-refractivity contribution >= 4 is 28.5 Å².